The van der Waals surface area contributed by atoms with Crippen LogP contribution in [0, 0.1) is 0 Å². The lowest BCUT2D eigenvalue weighted by molar-refractivity contribution is 0.289. The Balaban J connectivity index is 2.22. The van der Waals surface area contributed by atoms with Gasteiger partial charge in [0, 0.05) is 19.2 Å². The van der Waals surface area contributed by atoms with Crippen LogP contribution in [0.3, 0.4) is 0 Å². The molecular weight excluding hydrogens is 354 g/mol. The third-order valence-corrected chi connectivity index (χ3v) is 4.33. The number of benzene rings is 1. The van der Waals surface area contributed by atoms with E-state index in [4.69, 9.17) is 16.3 Å². The van der Waals surface area contributed by atoms with Gasteiger partial charge in [0.1, 0.15) is 12.4 Å². The summed E-state index contributed by atoms with van der Waals surface area (Å²) in [4.78, 5) is 0. The third-order valence-electron chi connectivity index (χ3n) is 3.27. The smallest absolute Gasteiger partial charge is 0.138 e. The lowest BCUT2D eigenvalue weighted by atomic mass is 10.2. The topological polar surface area (TPSA) is 39.1 Å². The Bertz CT molecular complexity index is 628. The highest BCUT2D eigenvalue weighted by atomic mass is 79.9. The summed E-state index contributed by atoms with van der Waals surface area (Å²) in [6.07, 6.45) is 0.812. The highest BCUT2D eigenvalue weighted by Gasteiger charge is 2.15. The number of nitrogens with zero attached hydrogens (tertiary/aromatic N) is 2. The molecule has 0 aliphatic heterocycles. The summed E-state index contributed by atoms with van der Waals surface area (Å²) >= 11 is 9.89. The molecule has 0 aliphatic rings. The molecule has 0 unspecified atom stereocenters. The van der Waals surface area contributed by atoms with Gasteiger partial charge in [0.05, 0.1) is 20.9 Å². The molecular formula is C15H19BrClN3O. The molecule has 114 valence electrons. The van der Waals surface area contributed by atoms with Crippen molar-refractivity contribution in [3.8, 4) is 5.75 Å². The average molecular weight is 373 g/mol. The van der Waals surface area contributed by atoms with Gasteiger partial charge in [-0.25, -0.2) is 0 Å². The fraction of sp³-hybridized carbons (Fsp3) is 0.400. The lowest BCUT2D eigenvalue weighted by Gasteiger charge is -2.13. The molecule has 2 aromatic rings. The van der Waals surface area contributed by atoms with Crippen LogP contribution in [0.15, 0.2) is 22.7 Å². The molecule has 0 fully saturated rings. The van der Waals surface area contributed by atoms with Crippen molar-refractivity contribution in [2.45, 2.75) is 26.5 Å². The van der Waals surface area contributed by atoms with E-state index in [9.17, 15) is 0 Å². The Morgan fingerprint density at radius 1 is 1.43 bits per heavy atom. The van der Waals surface area contributed by atoms with Crippen LogP contribution >= 0.6 is 27.5 Å². The molecule has 1 aromatic carbocycles. The summed E-state index contributed by atoms with van der Waals surface area (Å²) in [5, 5.41) is 8.24. The Kier molecular flexibility index (Phi) is 5.67. The Morgan fingerprint density at radius 3 is 2.81 bits per heavy atom. The molecule has 21 heavy (non-hydrogen) atoms. The zero-order chi connectivity index (χ0) is 15.4. The van der Waals surface area contributed by atoms with E-state index in [-0.39, 0.29) is 0 Å². The van der Waals surface area contributed by atoms with Crippen molar-refractivity contribution in [3.63, 3.8) is 0 Å². The third kappa shape index (κ3) is 3.59. The maximum absolute atomic E-state index is 6.35. The number of nitrogens with one attached hydrogen (secondary N) is 1. The quantitative estimate of drug-likeness (QED) is 0.840. The predicted molar refractivity (Wildman–Crippen MR) is 88.8 cm³/mol. The van der Waals surface area contributed by atoms with Gasteiger partial charge in [-0.15, -0.1) is 0 Å². The molecule has 1 heterocycles. The SMILES string of the molecule is CCc1nn(C)c(COc2c(Br)cccc2CNC)c1Cl. The van der Waals surface area contributed by atoms with Crippen LogP contribution in [0.4, 0.5) is 0 Å². The molecule has 0 bridgehead atoms. The fourth-order valence-electron chi connectivity index (χ4n) is 2.16. The largest absolute Gasteiger partial charge is 0.486 e. The first kappa shape index (κ1) is 16.3. The number of ether oxygens (including phenoxy) is 1. The van der Waals surface area contributed by atoms with Gasteiger partial charge in [0.2, 0.25) is 0 Å². The number of hydrogen-bond acceptors (Lipinski definition) is 3. The molecule has 1 aromatic heterocycles. The Hall–Kier alpha value is -1.04. The maximum atomic E-state index is 6.35. The average Bonchev–Trinajstić information content (AvgIpc) is 2.73. The van der Waals surface area contributed by atoms with E-state index >= 15 is 0 Å². The molecule has 6 heteroatoms. The van der Waals surface area contributed by atoms with Crippen molar-refractivity contribution in [1.29, 1.82) is 0 Å². The van der Waals surface area contributed by atoms with Gasteiger partial charge in [0.15, 0.2) is 0 Å². The summed E-state index contributed by atoms with van der Waals surface area (Å²) in [6, 6.07) is 6.01. The first-order chi connectivity index (χ1) is 10.1. The van der Waals surface area contributed by atoms with E-state index in [0.717, 1.165) is 40.1 Å². The van der Waals surface area contributed by atoms with E-state index in [1.807, 2.05) is 39.2 Å². The molecule has 4 nitrogen and oxygen atoms in total. The standard InChI is InChI=1S/C15H19BrClN3O/c1-4-12-14(17)13(20(3)19-12)9-21-15-10(8-18-2)6-5-7-11(15)16/h5-7,18H,4,8-9H2,1-3H3. The summed E-state index contributed by atoms with van der Waals surface area (Å²) in [7, 11) is 3.80. The summed E-state index contributed by atoms with van der Waals surface area (Å²) in [5.41, 5.74) is 2.89. The zero-order valence-corrected chi connectivity index (χ0v) is 14.8. The van der Waals surface area contributed by atoms with Crippen LogP contribution in [-0.2, 0) is 26.6 Å². The molecule has 0 radical (unpaired) electrons. The van der Waals surface area contributed by atoms with Gasteiger partial charge in [-0.05, 0) is 35.5 Å². The van der Waals surface area contributed by atoms with Gasteiger partial charge >= 0.3 is 0 Å². The number of halogens is 2. The van der Waals surface area contributed by atoms with Crippen molar-refractivity contribution < 1.29 is 4.74 Å². The van der Waals surface area contributed by atoms with E-state index < -0.39 is 0 Å². The normalized spacial score (nSPS) is 10.9. The predicted octanol–water partition coefficient (Wildman–Crippen LogP) is 3.70. The zero-order valence-electron chi connectivity index (χ0n) is 12.4. The molecule has 0 aliphatic carbocycles. The highest BCUT2D eigenvalue weighted by Crippen LogP contribution is 2.31. The molecule has 2 rings (SSSR count). The first-order valence-electron chi connectivity index (χ1n) is 6.83. The minimum atomic E-state index is 0.391. The van der Waals surface area contributed by atoms with Gasteiger partial charge in [0.25, 0.3) is 0 Å². The fourth-order valence-corrected chi connectivity index (χ4v) is 3.03. The van der Waals surface area contributed by atoms with Gasteiger partial charge in [-0.2, -0.15) is 5.10 Å². The summed E-state index contributed by atoms with van der Waals surface area (Å²) < 4.78 is 8.72. The second-order valence-electron chi connectivity index (χ2n) is 4.73. The van der Waals surface area contributed by atoms with Crippen LogP contribution in [0.2, 0.25) is 5.02 Å². The van der Waals surface area contributed by atoms with Gasteiger partial charge < -0.3 is 10.1 Å². The van der Waals surface area contributed by atoms with E-state index in [2.05, 4.69) is 26.3 Å². The van der Waals surface area contributed by atoms with Crippen LogP contribution in [0.25, 0.3) is 0 Å². The maximum Gasteiger partial charge on any atom is 0.138 e. The van der Waals surface area contributed by atoms with Crippen LogP contribution < -0.4 is 10.1 Å². The Labute approximate surface area is 138 Å². The highest BCUT2D eigenvalue weighted by molar-refractivity contribution is 9.10. The van der Waals surface area contributed by atoms with Gasteiger partial charge in [-0.1, -0.05) is 30.7 Å². The van der Waals surface area contributed by atoms with Crippen molar-refractivity contribution in [3.05, 3.63) is 44.6 Å². The van der Waals surface area contributed by atoms with Crippen LogP contribution in [0.1, 0.15) is 23.9 Å². The number of aromatic nitrogens is 2. The molecule has 0 spiro atoms. The number of rotatable bonds is 6. The van der Waals surface area contributed by atoms with Crippen LogP contribution in [-0.4, -0.2) is 16.8 Å². The minimum absolute atomic E-state index is 0.391. The van der Waals surface area contributed by atoms with Crippen LogP contribution in [0.5, 0.6) is 5.75 Å². The van der Waals surface area contributed by atoms with E-state index in [1.54, 1.807) is 4.68 Å². The van der Waals surface area contributed by atoms with E-state index in [1.165, 1.54) is 0 Å². The van der Waals surface area contributed by atoms with Crippen molar-refractivity contribution in [1.82, 2.24) is 15.1 Å². The molecule has 1 N–H and O–H groups in total. The lowest BCUT2D eigenvalue weighted by Crippen LogP contribution is -2.09. The summed E-state index contributed by atoms with van der Waals surface area (Å²) in [5.74, 6) is 0.835. The minimum Gasteiger partial charge on any atom is -0.486 e. The van der Waals surface area contributed by atoms with Gasteiger partial charge in [-0.3, -0.25) is 4.68 Å². The van der Waals surface area contributed by atoms with Crippen molar-refractivity contribution in [2.75, 3.05) is 7.05 Å². The Morgan fingerprint density at radius 2 is 2.19 bits per heavy atom. The van der Waals surface area contributed by atoms with E-state index in [0.29, 0.717) is 11.6 Å². The molecule has 0 amide bonds. The summed E-state index contributed by atoms with van der Waals surface area (Å²) in [6.45, 7) is 3.17. The first-order valence-corrected chi connectivity index (χ1v) is 8.00. The molecule has 0 saturated heterocycles. The van der Waals surface area contributed by atoms with Crippen molar-refractivity contribution in [2.24, 2.45) is 7.05 Å². The second-order valence-corrected chi connectivity index (χ2v) is 5.96. The number of aryl methyl sites for hydroxylation is 2. The second kappa shape index (κ2) is 7.29. The molecule has 0 saturated carbocycles. The monoisotopic (exact) mass is 371 g/mol. The van der Waals surface area contributed by atoms with Crippen molar-refractivity contribution >= 4 is 27.5 Å². The number of hydrogen-bond donors (Lipinski definition) is 1. The number of para-hydroxylation sites is 1. The molecule has 0 atom stereocenters.